The van der Waals surface area contributed by atoms with Gasteiger partial charge in [-0.05, 0) is 57.3 Å². The molecule has 1 unspecified atom stereocenters. The van der Waals surface area contributed by atoms with Crippen molar-refractivity contribution in [2.75, 3.05) is 26.0 Å². The molecule has 3 atom stereocenters. The molecule has 0 aromatic heterocycles. The van der Waals surface area contributed by atoms with Gasteiger partial charge in [0.25, 0.3) is 0 Å². The molecule has 6 nitrogen and oxygen atoms in total. The molecule has 2 saturated carbocycles. The van der Waals surface area contributed by atoms with Gasteiger partial charge in [0, 0.05) is 32.4 Å². The van der Waals surface area contributed by atoms with E-state index < -0.39 is 11.0 Å². The minimum atomic E-state index is -1.09. The van der Waals surface area contributed by atoms with Gasteiger partial charge in [0.2, 0.25) is 5.91 Å². The number of ether oxygens (including phenoxy) is 2. The van der Waals surface area contributed by atoms with E-state index in [1.54, 1.807) is 13.2 Å². The van der Waals surface area contributed by atoms with Crippen LogP contribution in [0, 0.1) is 5.92 Å². The summed E-state index contributed by atoms with van der Waals surface area (Å²) in [7, 11) is -1.09. The standard InChI is InChI=1S/C19H34N2O4S/c1-14(22)21-11-3-4-18(20-26(2)23)19(21)13-25-17-9-7-16(8-10-17)24-12-15-5-6-15/h15-20H,3-13H2,1-2H3/t16?,17?,18-,19-,26?/m0/s1. The lowest BCUT2D eigenvalue weighted by Gasteiger charge is -2.41. The van der Waals surface area contributed by atoms with Crippen LogP contribution < -0.4 is 4.72 Å². The lowest BCUT2D eigenvalue weighted by Crippen LogP contribution is -2.58. The first-order chi connectivity index (χ1) is 12.5. The third-order valence-electron chi connectivity index (χ3n) is 5.89. The summed E-state index contributed by atoms with van der Waals surface area (Å²) in [4.78, 5) is 13.9. The molecule has 0 spiro atoms. The molecule has 1 amide bonds. The number of amides is 1. The number of carbonyl (C=O) groups is 1. The van der Waals surface area contributed by atoms with E-state index in [9.17, 15) is 9.00 Å². The van der Waals surface area contributed by atoms with Crippen molar-refractivity contribution in [3.63, 3.8) is 0 Å². The van der Waals surface area contributed by atoms with Crippen molar-refractivity contribution in [3.8, 4) is 0 Å². The minimum absolute atomic E-state index is 0.0333. The number of likely N-dealkylation sites (tertiary alicyclic amines) is 1. The van der Waals surface area contributed by atoms with E-state index in [1.807, 2.05) is 4.90 Å². The minimum Gasteiger partial charge on any atom is -0.378 e. The molecular weight excluding hydrogens is 352 g/mol. The summed E-state index contributed by atoms with van der Waals surface area (Å²) in [6.07, 6.45) is 11.0. The third kappa shape index (κ3) is 6.01. The maximum absolute atomic E-state index is 12.0. The zero-order valence-corrected chi connectivity index (χ0v) is 17.0. The van der Waals surface area contributed by atoms with E-state index in [2.05, 4.69) is 4.72 Å². The second kappa shape index (κ2) is 9.62. The van der Waals surface area contributed by atoms with Crippen LogP contribution in [0.2, 0.25) is 0 Å². The Labute approximate surface area is 159 Å². The number of hydrogen-bond donors (Lipinski definition) is 1. The Morgan fingerprint density at radius 2 is 1.65 bits per heavy atom. The summed E-state index contributed by atoms with van der Waals surface area (Å²) in [5.74, 6) is 0.894. The quantitative estimate of drug-likeness (QED) is 0.693. The van der Waals surface area contributed by atoms with Crippen molar-refractivity contribution in [3.05, 3.63) is 0 Å². The second-order valence-corrected chi connectivity index (χ2v) is 9.25. The first-order valence-electron chi connectivity index (χ1n) is 10.1. The molecule has 1 saturated heterocycles. The average Bonchev–Trinajstić information content (AvgIpc) is 3.43. The topological polar surface area (TPSA) is 67.9 Å². The number of rotatable bonds is 8. The fourth-order valence-corrected chi connectivity index (χ4v) is 4.86. The van der Waals surface area contributed by atoms with Crippen molar-refractivity contribution >= 4 is 16.9 Å². The number of carbonyl (C=O) groups excluding carboxylic acids is 1. The zero-order chi connectivity index (χ0) is 18.5. The van der Waals surface area contributed by atoms with Crippen LogP contribution in [0.15, 0.2) is 0 Å². The molecule has 1 N–H and O–H groups in total. The van der Waals surface area contributed by atoms with E-state index >= 15 is 0 Å². The van der Waals surface area contributed by atoms with Crippen LogP contribution in [0.25, 0.3) is 0 Å². The Morgan fingerprint density at radius 3 is 2.19 bits per heavy atom. The average molecular weight is 387 g/mol. The molecule has 7 heteroatoms. The van der Waals surface area contributed by atoms with Gasteiger partial charge < -0.3 is 14.4 Å². The van der Waals surface area contributed by atoms with Gasteiger partial charge >= 0.3 is 0 Å². The van der Waals surface area contributed by atoms with Crippen molar-refractivity contribution in [1.82, 2.24) is 9.62 Å². The van der Waals surface area contributed by atoms with E-state index in [-0.39, 0.29) is 24.1 Å². The molecule has 3 aliphatic rings. The Kier molecular flexibility index (Phi) is 7.49. The second-order valence-electron chi connectivity index (χ2n) is 8.11. The molecule has 0 bridgehead atoms. The summed E-state index contributed by atoms with van der Waals surface area (Å²) in [5.41, 5.74) is 0. The number of piperidine rings is 1. The van der Waals surface area contributed by atoms with Crippen molar-refractivity contribution in [1.29, 1.82) is 0 Å². The van der Waals surface area contributed by atoms with E-state index in [4.69, 9.17) is 9.47 Å². The van der Waals surface area contributed by atoms with Crippen molar-refractivity contribution in [2.24, 2.45) is 5.92 Å². The van der Waals surface area contributed by atoms with Gasteiger partial charge in [-0.1, -0.05) is 0 Å². The Balaban J connectivity index is 1.45. The van der Waals surface area contributed by atoms with Crippen LogP contribution in [0.3, 0.4) is 0 Å². The third-order valence-corrected chi connectivity index (χ3v) is 6.52. The molecule has 26 heavy (non-hydrogen) atoms. The summed E-state index contributed by atoms with van der Waals surface area (Å²) in [6.45, 7) is 3.83. The summed E-state index contributed by atoms with van der Waals surface area (Å²) in [5, 5.41) is 0. The largest absolute Gasteiger partial charge is 0.378 e. The molecule has 0 aromatic carbocycles. The molecule has 1 heterocycles. The zero-order valence-electron chi connectivity index (χ0n) is 16.2. The van der Waals surface area contributed by atoms with Crippen LogP contribution >= 0.6 is 0 Å². The highest BCUT2D eigenvalue weighted by atomic mass is 32.2. The van der Waals surface area contributed by atoms with Gasteiger partial charge in [-0.2, -0.15) is 0 Å². The highest BCUT2D eigenvalue weighted by Gasteiger charge is 2.35. The Morgan fingerprint density at radius 1 is 1.04 bits per heavy atom. The Hall–Kier alpha value is -0.500. The van der Waals surface area contributed by atoms with E-state index in [0.29, 0.717) is 12.7 Å². The first-order valence-corrected chi connectivity index (χ1v) is 11.7. The van der Waals surface area contributed by atoms with Crippen LogP contribution in [0.1, 0.15) is 58.3 Å². The van der Waals surface area contributed by atoms with Gasteiger partial charge in [-0.3, -0.25) is 4.79 Å². The van der Waals surface area contributed by atoms with E-state index in [0.717, 1.165) is 57.6 Å². The molecular formula is C19H34N2O4S. The number of nitrogens with zero attached hydrogens (tertiary/aromatic N) is 1. The number of nitrogens with one attached hydrogen (secondary N) is 1. The molecule has 2 aliphatic carbocycles. The molecule has 3 fully saturated rings. The SMILES string of the molecule is CC(=O)N1CCC[C@H](NS(C)=O)[C@@H]1COC1CCC(OCC2CC2)CC1. The van der Waals surface area contributed by atoms with E-state index in [1.165, 1.54) is 12.8 Å². The predicted octanol–water partition coefficient (Wildman–Crippen LogP) is 2.00. The van der Waals surface area contributed by atoms with Gasteiger partial charge in [-0.15, -0.1) is 0 Å². The van der Waals surface area contributed by atoms with Gasteiger partial charge in [-0.25, -0.2) is 8.93 Å². The monoisotopic (exact) mass is 386 g/mol. The van der Waals surface area contributed by atoms with Gasteiger partial charge in [0.1, 0.15) is 0 Å². The number of hydrogen-bond acceptors (Lipinski definition) is 4. The molecule has 1 aliphatic heterocycles. The fourth-order valence-electron chi connectivity index (χ4n) is 4.16. The van der Waals surface area contributed by atoms with Crippen LogP contribution in [-0.4, -0.2) is 65.3 Å². The van der Waals surface area contributed by atoms with Crippen molar-refractivity contribution < 1.29 is 18.5 Å². The normalized spacial score (nSPS) is 33.8. The summed E-state index contributed by atoms with van der Waals surface area (Å²) < 4.78 is 27.0. The lowest BCUT2D eigenvalue weighted by atomic mass is 9.94. The van der Waals surface area contributed by atoms with Crippen LogP contribution in [0.5, 0.6) is 0 Å². The molecule has 0 aromatic rings. The summed E-state index contributed by atoms with van der Waals surface area (Å²) in [6, 6.07) is 0.00527. The van der Waals surface area contributed by atoms with Gasteiger partial charge in [0.15, 0.2) is 0 Å². The van der Waals surface area contributed by atoms with Crippen molar-refractivity contribution in [2.45, 2.75) is 82.6 Å². The molecule has 3 rings (SSSR count). The van der Waals surface area contributed by atoms with Gasteiger partial charge in [0.05, 0.1) is 35.8 Å². The highest BCUT2D eigenvalue weighted by Crippen LogP contribution is 2.31. The lowest BCUT2D eigenvalue weighted by molar-refractivity contribution is -0.136. The van der Waals surface area contributed by atoms with Crippen LogP contribution in [0.4, 0.5) is 0 Å². The first kappa shape index (κ1) is 20.2. The van der Waals surface area contributed by atoms with Crippen LogP contribution in [-0.2, 0) is 25.3 Å². The molecule has 150 valence electrons. The maximum Gasteiger partial charge on any atom is 0.219 e. The molecule has 0 radical (unpaired) electrons. The smallest absolute Gasteiger partial charge is 0.219 e. The fraction of sp³-hybridized carbons (Fsp3) is 0.947. The summed E-state index contributed by atoms with van der Waals surface area (Å²) >= 11 is 0. The highest BCUT2D eigenvalue weighted by molar-refractivity contribution is 7.82. The predicted molar refractivity (Wildman–Crippen MR) is 102 cm³/mol. The maximum atomic E-state index is 12.0. The Bertz CT molecular complexity index is 492.